The number of nitrogens with one attached hydrogen (secondary N) is 2. The lowest BCUT2D eigenvalue weighted by Crippen LogP contribution is -2.55. The summed E-state index contributed by atoms with van der Waals surface area (Å²) in [4.78, 5) is 55.8. The Morgan fingerprint density at radius 2 is 1.79 bits per heavy atom. The molecule has 13 heteroatoms. The Hall–Kier alpha value is -4.29. The normalized spacial score (nSPS) is 19.7. The smallest absolute Gasteiger partial charge is 0.341 e. The summed E-state index contributed by atoms with van der Waals surface area (Å²) < 4.78 is 53.8. The fraction of sp³-hybridized carbons (Fsp3) is 0.414. The number of nitrogens with zero attached hydrogens (tertiary/aromatic N) is 3. The van der Waals surface area contributed by atoms with Gasteiger partial charge in [0.2, 0.25) is 17.7 Å². The van der Waals surface area contributed by atoms with Crippen molar-refractivity contribution < 1.29 is 36.7 Å². The second-order valence-electron chi connectivity index (χ2n) is 11.2. The quantitative estimate of drug-likeness (QED) is 0.348. The molecule has 222 valence electrons. The minimum absolute atomic E-state index is 0.104. The number of aromatic amines is 1. The summed E-state index contributed by atoms with van der Waals surface area (Å²) in [6.07, 6.45) is -2.79. The summed E-state index contributed by atoms with van der Waals surface area (Å²) >= 11 is 0. The van der Waals surface area contributed by atoms with Gasteiger partial charge >= 0.3 is 6.18 Å². The molecular formula is C29H29F4N5O4. The first-order chi connectivity index (χ1) is 19.7. The van der Waals surface area contributed by atoms with Crippen molar-refractivity contribution in [2.45, 2.75) is 44.8 Å². The third-order valence-corrected chi connectivity index (χ3v) is 8.38. The number of carbonyl (C=O) groups is 4. The van der Waals surface area contributed by atoms with E-state index in [0.29, 0.717) is 23.8 Å². The molecule has 2 aromatic carbocycles. The number of hydrogen-bond donors (Lipinski definition) is 2. The first-order valence-electron chi connectivity index (χ1n) is 13.5. The average Bonchev–Trinajstić information content (AvgIpc) is 3.48. The van der Waals surface area contributed by atoms with Gasteiger partial charge in [-0.25, -0.2) is 4.39 Å². The van der Waals surface area contributed by atoms with Crippen molar-refractivity contribution in [2.75, 3.05) is 20.1 Å². The topological polar surface area (TPSA) is 115 Å². The number of amides is 4. The molecule has 2 fully saturated rings. The number of imide groups is 1. The van der Waals surface area contributed by atoms with Crippen molar-refractivity contribution >= 4 is 34.5 Å². The molecule has 2 aliphatic heterocycles. The van der Waals surface area contributed by atoms with E-state index < -0.39 is 58.2 Å². The number of piperidine rings is 1. The van der Waals surface area contributed by atoms with Crippen LogP contribution in [0.25, 0.3) is 10.9 Å². The van der Waals surface area contributed by atoms with Crippen LogP contribution in [0.4, 0.5) is 17.6 Å². The number of H-pyrrole nitrogens is 1. The van der Waals surface area contributed by atoms with Crippen LogP contribution in [0.1, 0.15) is 54.1 Å². The molecule has 0 saturated carbocycles. The Labute approximate surface area is 238 Å². The van der Waals surface area contributed by atoms with Gasteiger partial charge < -0.3 is 10.2 Å². The van der Waals surface area contributed by atoms with Crippen LogP contribution in [0.5, 0.6) is 0 Å². The number of halogens is 4. The highest BCUT2D eigenvalue weighted by Crippen LogP contribution is 2.51. The number of hydrogen-bond acceptors (Lipinski definition) is 5. The lowest BCUT2D eigenvalue weighted by molar-refractivity contribution is -0.144. The van der Waals surface area contributed by atoms with E-state index in [0.717, 1.165) is 15.8 Å². The highest BCUT2D eigenvalue weighted by atomic mass is 19.4. The standard InChI is InChI=1S/C29H29F4N5O4/c1-15(2)23(35-24(39)19-13-18(29(31,32)33)5-6-20(19)30)26(41)38-10-8-28(9-11-38)22(25(40)37(3)27(28)42)16-4-7-21-17(12-16)14-34-36-21/h4-7,12-15,22-23H,8-11H2,1-3H3,(H,34,36)(H,35,39)/t22?,23-/m1/s1. The Bertz CT molecular complexity index is 1580. The van der Waals surface area contributed by atoms with Gasteiger partial charge in [-0.3, -0.25) is 29.2 Å². The van der Waals surface area contributed by atoms with Gasteiger partial charge in [-0.05, 0) is 54.7 Å². The number of rotatable bonds is 5. The van der Waals surface area contributed by atoms with Gasteiger partial charge in [0.25, 0.3) is 5.91 Å². The molecule has 2 atom stereocenters. The maximum Gasteiger partial charge on any atom is 0.416 e. The summed E-state index contributed by atoms with van der Waals surface area (Å²) in [5.41, 5.74) is -1.63. The largest absolute Gasteiger partial charge is 0.416 e. The highest BCUT2D eigenvalue weighted by molar-refractivity contribution is 6.10. The zero-order valence-corrected chi connectivity index (χ0v) is 23.1. The van der Waals surface area contributed by atoms with Gasteiger partial charge in [-0.1, -0.05) is 19.9 Å². The van der Waals surface area contributed by atoms with Crippen LogP contribution < -0.4 is 5.32 Å². The van der Waals surface area contributed by atoms with Crippen LogP contribution >= 0.6 is 0 Å². The molecule has 42 heavy (non-hydrogen) atoms. The summed E-state index contributed by atoms with van der Waals surface area (Å²) in [5.74, 6) is -4.71. The van der Waals surface area contributed by atoms with E-state index in [-0.39, 0.29) is 37.7 Å². The fourth-order valence-electron chi connectivity index (χ4n) is 6.02. The van der Waals surface area contributed by atoms with E-state index in [1.165, 1.54) is 11.9 Å². The molecule has 9 nitrogen and oxygen atoms in total. The van der Waals surface area contributed by atoms with Gasteiger partial charge in [-0.2, -0.15) is 18.3 Å². The lowest BCUT2D eigenvalue weighted by atomic mass is 9.67. The maximum absolute atomic E-state index is 14.3. The number of alkyl halides is 3. The summed E-state index contributed by atoms with van der Waals surface area (Å²) in [7, 11) is 1.44. The molecule has 1 unspecified atom stereocenters. The average molecular weight is 588 g/mol. The van der Waals surface area contributed by atoms with Crippen LogP contribution in [0.15, 0.2) is 42.6 Å². The Morgan fingerprint density at radius 3 is 2.43 bits per heavy atom. The van der Waals surface area contributed by atoms with Crippen molar-refractivity contribution in [1.82, 2.24) is 25.3 Å². The predicted octanol–water partition coefficient (Wildman–Crippen LogP) is 3.87. The monoisotopic (exact) mass is 587 g/mol. The second-order valence-corrected chi connectivity index (χ2v) is 11.2. The van der Waals surface area contributed by atoms with Crippen molar-refractivity contribution in [1.29, 1.82) is 0 Å². The Balaban J connectivity index is 1.35. The van der Waals surface area contributed by atoms with E-state index in [2.05, 4.69) is 15.5 Å². The number of likely N-dealkylation sites (tertiary alicyclic amines) is 2. The first kappa shape index (κ1) is 29.2. The van der Waals surface area contributed by atoms with Crippen LogP contribution in [-0.2, 0) is 20.6 Å². The summed E-state index contributed by atoms with van der Waals surface area (Å²) in [6, 6.07) is 5.75. The van der Waals surface area contributed by atoms with Gasteiger partial charge in [-0.15, -0.1) is 0 Å². The summed E-state index contributed by atoms with van der Waals surface area (Å²) in [5, 5.41) is 10.1. The van der Waals surface area contributed by atoms with E-state index in [1.807, 2.05) is 6.07 Å². The maximum atomic E-state index is 14.3. The minimum atomic E-state index is -4.78. The molecular weight excluding hydrogens is 558 g/mol. The fourth-order valence-corrected chi connectivity index (χ4v) is 6.02. The molecule has 4 amide bonds. The molecule has 1 aromatic heterocycles. The third-order valence-electron chi connectivity index (χ3n) is 8.38. The lowest BCUT2D eigenvalue weighted by Gasteiger charge is -2.41. The van der Waals surface area contributed by atoms with Crippen molar-refractivity contribution in [3.8, 4) is 0 Å². The summed E-state index contributed by atoms with van der Waals surface area (Å²) in [6.45, 7) is 3.50. The molecule has 1 spiro atoms. The van der Waals surface area contributed by atoms with Gasteiger partial charge in [0.15, 0.2) is 0 Å². The number of benzene rings is 2. The molecule has 0 bridgehead atoms. The predicted molar refractivity (Wildman–Crippen MR) is 142 cm³/mol. The van der Waals surface area contributed by atoms with E-state index >= 15 is 0 Å². The zero-order valence-electron chi connectivity index (χ0n) is 23.1. The van der Waals surface area contributed by atoms with E-state index in [4.69, 9.17) is 0 Å². The molecule has 5 rings (SSSR count). The van der Waals surface area contributed by atoms with Gasteiger partial charge in [0.05, 0.1) is 34.2 Å². The van der Waals surface area contributed by atoms with Crippen molar-refractivity contribution in [2.24, 2.45) is 11.3 Å². The zero-order chi connectivity index (χ0) is 30.6. The second kappa shape index (κ2) is 10.5. The van der Waals surface area contributed by atoms with Crippen molar-refractivity contribution in [3.05, 3.63) is 65.1 Å². The third kappa shape index (κ3) is 4.90. The molecule has 2 N–H and O–H groups in total. The SMILES string of the molecule is CC(C)[C@@H](NC(=O)c1cc(C(F)(F)F)ccc1F)C(=O)N1CCC2(CC1)C(=O)N(C)C(=O)C2c1ccc2[nH]ncc2c1. The molecule has 0 radical (unpaired) electrons. The van der Waals surface area contributed by atoms with Gasteiger partial charge in [0.1, 0.15) is 11.9 Å². The van der Waals surface area contributed by atoms with Crippen LogP contribution in [0, 0.1) is 17.2 Å². The molecule has 3 heterocycles. The number of carbonyl (C=O) groups excluding carboxylic acids is 4. The highest BCUT2D eigenvalue weighted by Gasteiger charge is 2.59. The minimum Gasteiger partial charge on any atom is -0.341 e. The molecule has 2 aliphatic rings. The molecule has 0 aliphatic carbocycles. The number of aromatic nitrogens is 2. The van der Waals surface area contributed by atoms with Crippen molar-refractivity contribution in [3.63, 3.8) is 0 Å². The number of fused-ring (bicyclic) bond motifs is 1. The molecule has 2 saturated heterocycles. The van der Waals surface area contributed by atoms with Crippen LogP contribution in [0.2, 0.25) is 0 Å². The Kier molecular flexibility index (Phi) is 7.32. The van der Waals surface area contributed by atoms with Crippen LogP contribution in [0.3, 0.4) is 0 Å². The van der Waals surface area contributed by atoms with E-state index in [9.17, 15) is 36.7 Å². The number of likely N-dealkylation sites (N-methyl/N-ethyl adjacent to an activating group) is 1. The van der Waals surface area contributed by atoms with Crippen LogP contribution in [-0.4, -0.2) is 69.8 Å². The first-order valence-corrected chi connectivity index (χ1v) is 13.5. The molecule has 3 aromatic rings. The van der Waals surface area contributed by atoms with E-state index in [1.54, 1.807) is 32.2 Å². The Morgan fingerprint density at radius 1 is 1.10 bits per heavy atom. The van der Waals surface area contributed by atoms with Gasteiger partial charge in [0, 0.05) is 25.5 Å².